The summed E-state index contributed by atoms with van der Waals surface area (Å²) >= 11 is 0. The largest absolute Gasteiger partial charge is 0.464 e. The van der Waals surface area contributed by atoms with E-state index in [9.17, 15) is 4.39 Å². The van der Waals surface area contributed by atoms with Gasteiger partial charge in [-0.05, 0) is 36.8 Å². The van der Waals surface area contributed by atoms with Crippen LogP contribution >= 0.6 is 0 Å². The summed E-state index contributed by atoms with van der Waals surface area (Å²) in [6, 6.07) is 8.16. The van der Waals surface area contributed by atoms with Crippen LogP contribution in [-0.4, -0.2) is 0 Å². The number of hydrogen-bond acceptors (Lipinski definition) is 2. The summed E-state index contributed by atoms with van der Waals surface area (Å²) in [5.41, 5.74) is 7.08. The monoisotopic (exact) mass is 205 g/mol. The number of benzene rings is 1. The van der Waals surface area contributed by atoms with E-state index in [-0.39, 0.29) is 11.9 Å². The van der Waals surface area contributed by atoms with E-state index in [1.54, 1.807) is 24.3 Å². The van der Waals surface area contributed by atoms with Crippen LogP contribution in [0.4, 0.5) is 4.39 Å². The van der Waals surface area contributed by atoms with E-state index in [1.807, 2.05) is 6.92 Å². The van der Waals surface area contributed by atoms with Gasteiger partial charge in [-0.3, -0.25) is 0 Å². The minimum atomic E-state index is -0.297. The second-order valence-electron chi connectivity index (χ2n) is 3.51. The third-order valence-corrected chi connectivity index (χ3v) is 2.30. The number of halogens is 1. The van der Waals surface area contributed by atoms with Crippen molar-refractivity contribution in [3.8, 4) is 11.3 Å². The van der Waals surface area contributed by atoms with Crippen LogP contribution in [0, 0.1) is 5.82 Å². The van der Waals surface area contributed by atoms with E-state index in [0.29, 0.717) is 11.3 Å². The molecule has 0 saturated carbocycles. The van der Waals surface area contributed by atoms with Crippen molar-refractivity contribution >= 4 is 0 Å². The quantitative estimate of drug-likeness (QED) is 0.818. The van der Waals surface area contributed by atoms with Crippen molar-refractivity contribution in [1.82, 2.24) is 0 Å². The molecule has 1 aromatic carbocycles. The molecule has 0 aliphatic heterocycles. The Morgan fingerprint density at radius 2 is 2.13 bits per heavy atom. The van der Waals surface area contributed by atoms with Crippen molar-refractivity contribution in [2.24, 2.45) is 5.73 Å². The van der Waals surface area contributed by atoms with Gasteiger partial charge in [0, 0.05) is 6.04 Å². The minimum absolute atomic E-state index is 0.112. The summed E-state index contributed by atoms with van der Waals surface area (Å²) in [4.78, 5) is 0. The standard InChI is InChI=1S/C12H12FNO/c1-8(14)9-4-5-11(13)10(7-9)12-3-2-6-15-12/h2-8H,14H2,1H3. The molecule has 0 spiro atoms. The highest BCUT2D eigenvalue weighted by atomic mass is 19.1. The van der Waals surface area contributed by atoms with Gasteiger partial charge in [-0.2, -0.15) is 0 Å². The van der Waals surface area contributed by atoms with Gasteiger partial charge in [0.15, 0.2) is 0 Å². The van der Waals surface area contributed by atoms with Crippen molar-refractivity contribution in [1.29, 1.82) is 0 Å². The Labute approximate surface area is 87.5 Å². The number of nitrogens with two attached hydrogens (primary N) is 1. The molecule has 1 heterocycles. The van der Waals surface area contributed by atoms with Gasteiger partial charge in [0.2, 0.25) is 0 Å². The SMILES string of the molecule is CC(N)c1ccc(F)c(-c2ccco2)c1. The summed E-state index contributed by atoms with van der Waals surface area (Å²) < 4.78 is 18.6. The number of rotatable bonds is 2. The van der Waals surface area contributed by atoms with Crippen molar-refractivity contribution in [2.75, 3.05) is 0 Å². The number of hydrogen-bond donors (Lipinski definition) is 1. The lowest BCUT2D eigenvalue weighted by molar-refractivity contribution is 0.569. The molecule has 3 heteroatoms. The molecule has 1 aromatic heterocycles. The maximum absolute atomic E-state index is 13.5. The molecule has 0 saturated heterocycles. The van der Waals surface area contributed by atoms with Gasteiger partial charge in [-0.1, -0.05) is 6.07 Å². The molecule has 0 aliphatic carbocycles. The first-order valence-electron chi connectivity index (χ1n) is 4.77. The van der Waals surface area contributed by atoms with Crippen molar-refractivity contribution in [3.05, 3.63) is 48.0 Å². The Morgan fingerprint density at radius 1 is 1.33 bits per heavy atom. The zero-order chi connectivity index (χ0) is 10.8. The van der Waals surface area contributed by atoms with Crippen LogP contribution in [0.2, 0.25) is 0 Å². The molecule has 2 nitrogen and oxygen atoms in total. The van der Waals surface area contributed by atoms with Gasteiger partial charge in [0.1, 0.15) is 11.6 Å². The molecule has 0 amide bonds. The Hall–Kier alpha value is -1.61. The minimum Gasteiger partial charge on any atom is -0.464 e. The lowest BCUT2D eigenvalue weighted by Crippen LogP contribution is -2.05. The Balaban J connectivity index is 2.51. The van der Waals surface area contributed by atoms with Crippen LogP contribution in [-0.2, 0) is 0 Å². The van der Waals surface area contributed by atoms with Crippen molar-refractivity contribution in [2.45, 2.75) is 13.0 Å². The van der Waals surface area contributed by atoms with Gasteiger partial charge in [0.25, 0.3) is 0 Å². The van der Waals surface area contributed by atoms with E-state index in [4.69, 9.17) is 10.2 Å². The Morgan fingerprint density at radius 3 is 2.73 bits per heavy atom. The lowest BCUT2D eigenvalue weighted by Gasteiger charge is -2.07. The summed E-state index contributed by atoms with van der Waals surface area (Å²) in [5, 5.41) is 0. The zero-order valence-corrected chi connectivity index (χ0v) is 8.41. The fraction of sp³-hybridized carbons (Fsp3) is 0.167. The maximum Gasteiger partial charge on any atom is 0.136 e. The zero-order valence-electron chi connectivity index (χ0n) is 8.41. The smallest absolute Gasteiger partial charge is 0.136 e. The average Bonchev–Trinajstić information content (AvgIpc) is 2.71. The van der Waals surface area contributed by atoms with Crippen molar-refractivity contribution < 1.29 is 8.81 Å². The van der Waals surface area contributed by atoms with Crippen molar-refractivity contribution in [3.63, 3.8) is 0 Å². The molecule has 78 valence electrons. The van der Waals surface area contributed by atoms with Gasteiger partial charge >= 0.3 is 0 Å². The fourth-order valence-corrected chi connectivity index (χ4v) is 1.45. The predicted octanol–water partition coefficient (Wildman–Crippen LogP) is 3.11. The van der Waals surface area contributed by atoms with Crippen LogP contribution in [0.15, 0.2) is 41.0 Å². The molecular formula is C12H12FNO. The molecule has 0 bridgehead atoms. The van der Waals surface area contributed by atoms with E-state index in [2.05, 4.69) is 0 Å². The third kappa shape index (κ3) is 1.92. The fourth-order valence-electron chi connectivity index (χ4n) is 1.45. The molecule has 0 aliphatic rings. The average molecular weight is 205 g/mol. The van der Waals surface area contributed by atoms with Crippen LogP contribution in [0.25, 0.3) is 11.3 Å². The normalized spacial score (nSPS) is 12.7. The van der Waals surface area contributed by atoms with Gasteiger partial charge in [-0.25, -0.2) is 4.39 Å². The third-order valence-electron chi connectivity index (χ3n) is 2.30. The molecule has 15 heavy (non-hydrogen) atoms. The first-order chi connectivity index (χ1) is 7.18. The molecule has 1 atom stereocenters. The van der Waals surface area contributed by atoms with Gasteiger partial charge in [-0.15, -0.1) is 0 Å². The van der Waals surface area contributed by atoms with Gasteiger partial charge < -0.3 is 10.2 Å². The highest BCUT2D eigenvalue weighted by Crippen LogP contribution is 2.25. The van der Waals surface area contributed by atoms with Crippen LogP contribution in [0.3, 0.4) is 0 Å². The summed E-state index contributed by atoms with van der Waals surface area (Å²) in [7, 11) is 0. The Bertz CT molecular complexity index is 449. The second kappa shape index (κ2) is 3.87. The molecule has 2 rings (SSSR count). The first kappa shape index (κ1) is 9.93. The number of furan rings is 1. The van der Waals surface area contributed by atoms with E-state index >= 15 is 0 Å². The lowest BCUT2D eigenvalue weighted by atomic mass is 10.0. The molecular weight excluding hydrogens is 193 g/mol. The molecule has 1 unspecified atom stereocenters. The second-order valence-corrected chi connectivity index (χ2v) is 3.51. The van der Waals surface area contributed by atoms with Crippen LogP contribution < -0.4 is 5.73 Å². The van der Waals surface area contributed by atoms with E-state index < -0.39 is 0 Å². The highest BCUT2D eigenvalue weighted by Gasteiger charge is 2.10. The summed E-state index contributed by atoms with van der Waals surface area (Å²) in [5.74, 6) is 0.226. The van der Waals surface area contributed by atoms with Gasteiger partial charge in [0.05, 0.1) is 11.8 Å². The molecule has 0 fully saturated rings. The topological polar surface area (TPSA) is 39.2 Å². The molecule has 2 N–H and O–H groups in total. The highest BCUT2D eigenvalue weighted by molar-refractivity contribution is 5.59. The van der Waals surface area contributed by atoms with E-state index in [1.165, 1.54) is 12.3 Å². The molecule has 2 aromatic rings. The maximum atomic E-state index is 13.5. The predicted molar refractivity (Wildman–Crippen MR) is 56.7 cm³/mol. The first-order valence-corrected chi connectivity index (χ1v) is 4.77. The van der Waals surface area contributed by atoms with Crippen LogP contribution in [0.1, 0.15) is 18.5 Å². The summed E-state index contributed by atoms with van der Waals surface area (Å²) in [6.45, 7) is 1.86. The Kier molecular flexibility index (Phi) is 2.56. The van der Waals surface area contributed by atoms with E-state index in [0.717, 1.165) is 5.56 Å². The van der Waals surface area contributed by atoms with Crippen LogP contribution in [0.5, 0.6) is 0 Å². The molecule has 0 radical (unpaired) electrons. The summed E-state index contributed by atoms with van der Waals surface area (Å²) in [6.07, 6.45) is 1.52.